The summed E-state index contributed by atoms with van der Waals surface area (Å²) >= 11 is 0. The van der Waals surface area contributed by atoms with Gasteiger partial charge in [0.1, 0.15) is 0 Å². The number of hydrogen-bond acceptors (Lipinski definition) is 3. The van der Waals surface area contributed by atoms with Crippen LogP contribution < -0.4 is 5.32 Å². The van der Waals surface area contributed by atoms with Gasteiger partial charge in [-0.25, -0.2) is 4.79 Å². The molecule has 0 spiro atoms. The van der Waals surface area contributed by atoms with Gasteiger partial charge in [0.05, 0.1) is 0 Å². The summed E-state index contributed by atoms with van der Waals surface area (Å²) in [7, 11) is 8.10. The van der Waals surface area contributed by atoms with Crippen molar-refractivity contribution in [2.75, 3.05) is 54.4 Å². The highest BCUT2D eigenvalue weighted by atomic mass is 16.2. The lowest BCUT2D eigenvalue weighted by molar-refractivity contribution is 0.182. The van der Waals surface area contributed by atoms with Crippen LogP contribution in [0, 0.1) is 0 Å². The molecule has 0 unspecified atom stereocenters. The summed E-state index contributed by atoms with van der Waals surface area (Å²) in [6, 6.07) is 0.284. The number of nitrogens with one attached hydrogen (secondary N) is 1. The van der Waals surface area contributed by atoms with Gasteiger partial charge in [0.2, 0.25) is 0 Å². The molecule has 5 nitrogen and oxygen atoms in total. The second-order valence-corrected chi connectivity index (χ2v) is 5.35. The molecule has 108 valence electrons. The molecule has 0 saturated heterocycles. The fourth-order valence-corrected chi connectivity index (χ4v) is 1.36. The molecule has 0 saturated carbocycles. The molecule has 0 bridgehead atoms. The predicted molar refractivity (Wildman–Crippen MR) is 77.0 cm³/mol. The first-order valence-corrected chi connectivity index (χ1v) is 6.71. The Kier molecular flexibility index (Phi) is 8.75. The molecule has 1 N–H and O–H groups in total. The molecule has 0 aliphatic rings. The van der Waals surface area contributed by atoms with E-state index < -0.39 is 0 Å². The molecule has 0 aromatic heterocycles. The third kappa shape index (κ3) is 8.31. The Morgan fingerprint density at radius 3 is 1.78 bits per heavy atom. The minimum atomic E-state index is 0.0491. The number of carbonyl (C=O) groups excluding carboxylic acids is 1. The number of rotatable bonds is 8. The molecule has 0 rings (SSSR count). The average molecular weight is 258 g/mol. The highest BCUT2D eigenvalue weighted by Crippen LogP contribution is 1.95. The molecule has 5 heteroatoms. The molecule has 1 atom stereocenters. The van der Waals surface area contributed by atoms with Gasteiger partial charge < -0.3 is 20.0 Å². The second kappa shape index (κ2) is 9.16. The van der Waals surface area contributed by atoms with Crippen molar-refractivity contribution >= 4 is 6.03 Å². The normalized spacial score (nSPS) is 12.9. The fraction of sp³-hybridized carbons (Fsp3) is 0.923. The van der Waals surface area contributed by atoms with Crippen molar-refractivity contribution < 1.29 is 4.79 Å². The Morgan fingerprint density at radius 2 is 1.44 bits per heavy atom. The minimum Gasteiger partial charge on any atom is -0.336 e. The number of amides is 2. The van der Waals surface area contributed by atoms with Crippen molar-refractivity contribution in [1.29, 1.82) is 0 Å². The van der Waals surface area contributed by atoms with E-state index in [0.29, 0.717) is 0 Å². The largest absolute Gasteiger partial charge is 0.336 e. The molecule has 0 radical (unpaired) electrons. The summed E-state index contributed by atoms with van der Waals surface area (Å²) in [5, 5.41) is 3.03. The third-order valence-electron chi connectivity index (χ3n) is 2.90. The number of nitrogens with zero attached hydrogens (tertiary/aromatic N) is 3. The SMILES string of the molecule is CC[C@@H](C)NC(=O)N(CCN(C)C)CCN(C)C. The van der Waals surface area contributed by atoms with E-state index >= 15 is 0 Å². The smallest absolute Gasteiger partial charge is 0.317 e. The summed E-state index contributed by atoms with van der Waals surface area (Å²) < 4.78 is 0. The summed E-state index contributed by atoms with van der Waals surface area (Å²) in [5.41, 5.74) is 0. The van der Waals surface area contributed by atoms with Gasteiger partial charge in [0.25, 0.3) is 0 Å². The van der Waals surface area contributed by atoms with Crippen molar-refractivity contribution in [3.8, 4) is 0 Å². The van der Waals surface area contributed by atoms with Crippen LogP contribution in [-0.2, 0) is 0 Å². The van der Waals surface area contributed by atoms with E-state index in [1.54, 1.807) is 0 Å². The summed E-state index contributed by atoms with van der Waals surface area (Å²) in [6.07, 6.45) is 0.959. The summed E-state index contributed by atoms with van der Waals surface area (Å²) in [4.78, 5) is 18.2. The molecule has 0 aliphatic heterocycles. The van der Waals surface area contributed by atoms with Crippen LogP contribution >= 0.6 is 0 Å². The van der Waals surface area contributed by atoms with E-state index in [1.807, 2.05) is 40.0 Å². The van der Waals surface area contributed by atoms with Gasteiger partial charge in [-0.1, -0.05) is 6.92 Å². The van der Waals surface area contributed by atoms with Crippen molar-refractivity contribution in [3.63, 3.8) is 0 Å². The molecule has 0 aliphatic carbocycles. The third-order valence-corrected chi connectivity index (χ3v) is 2.90. The molecular formula is C13H30N4O. The van der Waals surface area contributed by atoms with Crippen LogP contribution in [0.1, 0.15) is 20.3 Å². The van der Waals surface area contributed by atoms with E-state index in [9.17, 15) is 4.79 Å². The lowest BCUT2D eigenvalue weighted by Crippen LogP contribution is -2.48. The first-order chi connectivity index (χ1) is 8.36. The summed E-state index contributed by atoms with van der Waals surface area (Å²) in [6.45, 7) is 7.43. The quantitative estimate of drug-likeness (QED) is 0.704. The van der Waals surface area contributed by atoms with Gasteiger partial charge in [-0.3, -0.25) is 0 Å². The van der Waals surface area contributed by atoms with E-state index in [4.69, 9.17) is 0 Å². The van der Waals surface area contributed by atoms with E-state index in [1.165, 1.54) is 0 Å². The molecule has 0 fully saturated rings. The lowest BCUT2D eigenvalue weighted by atomic mass is 10.3. The topological polar surface area (TPSA) is 38.8 Å². The zero-order valence-electron chi connectivity index (χ0n) is 12.9. The minimum absolute atomic E-state index is 0.0491. The zero-order chi connectivity index (χ0) is 14.1. The Labute approximate surface area is 112 Å². The maximum absolute atomic E-state index is 12.1. The van der Waals surface area contributed by atoms with Crippen LogP contribution in [0.25, 0.3) is 0 Å². The van der Waals surface area contributed by atoms with Crippen LogP contribution in [0.2, 0.25) is 0 Å². The molecule has 18 heavy (non-hydrogen) atoms. The first kappa shape index (κ1) is 17.2. The Hall–Kier alpha value is -0.810. The fourth-order valence-electron chi connectivity index (χ4n) is 1.36. The van der Waals surface area contributed by atoms with Gasteiger partial charge in [0.15, 0.2) is 0 Å². The highest BCUT2D eigenvalue weighted by molar-refractivity contribution is 5.74. The molecule has 0 heterocycles. The van der Waals surface area contributed by atoms with E-state index in [-0.39, 0.29) is 12.1 Å². The number of likely N-dealkylation sites (N-methyl/N-ethyl adjacent to an activating group) is 2. The molecule has 2 amide bonds. The van der Waals surface area contributed by atoms with Crippen molar-refractivity contribution in [1.82, 2.24) is 20.0 Å². The van der Waals surface area contributed by atoms with Gasteiger partial charge >= 0.3 is 6.03 Å². The predicted octanol–water partition coefficient (Wildman–Crippen LogP) is 0.920. The molecule has 0 aromatic rings. The highest BCUT2D eigenvalue weighted by Gasteiger charge is 2.15. The van der Waals surface area contributed by atoms with E-state index in [0.717, 1.165) is 32.6 Å². The van der Waals surface area contributed by atoms with E-state index in [2.05, 4.69) is 22.0 Å². The standard InChI is InChI=1S/C13H30N4O/c1-7-12(2)14-13(18)17(10-8-15(3)4)11-9-16(5)6/h12H,7-11H2,1-6H3,(H,14,18)/t12-/m1/s1. The first-order valence-electron chi connectivity index (χ1n) is 6.71. The lowest BCUT2D eigenvalue weighted by Gasteiger charge is -2.27. The molecule has 0 aromatic carbocycles. The second-order valence-electron chi connectivity index (χ2n) is 5.35. The van der Waals surface area contributed by atoms with Crippen LogP contribution in [0.3, 0.4) is 0 Å². The van der Waals surface area contributed by atoms with Crippen LogP contribution in [-0.4, -0.2) is 81.1 Å². The summed E-state index contributed by atoms with van der Waals surface area (Å²) in [5.74, 6) is 0. The van der Waals surface area contributed by atoms with Gasteiger partial charge in [-0.2, -0.15) is 0 Å². The Balaban J connectivity index is 4.29. The Morgan fingerprint density at radius 1 is 1.00 bits per heavy atom. The maximum atomic E-state index is 12.1. The number of urea groups is 1. The average Bonchev–Trinajstić information content (AvgIpc) is 2.27. The van der Waals surface area contributed by atoms with Crippen LogP contribution in [0.5, 0.6) is 0 Å². The zero-order valence-corrected chi connectivity index (χ0v) is 12.9. The maximum Gasteiger partial charge on any atom is 0.317 e. The van der Waals surface area contributed by atoms with Crippen LogP contribution in [0.4, 0.5) is 4.79 Å². The van der Waals surface area contributed by atoms with Gasteiger partial charge in [-0.15, -0.1) is 0 Å². The number of hydrogen-bond donors (Lipinski definition) is 1. The van der Waals surface area contributed by atoms with Crippen LogP contribution in [0.15, 0.2) is 0 Å². The number of carbonyl (C=O) groups is 1. The van der Waals surface area contributed by atoms with Gasteiger partial charge in [0, 0.05) is 32.2 Å². The van der Waals surface area contributed by atoms with Crippen molar-refractivity contribution in [2.24, 2.45) is 0 Å². The monoisotopic (exact) mass is 258 g/mol. The van der Waals surface area contributed by atoms with Crippen molar-refractivity contribution in [2.45, 2.75) is 26.3 Å². The van der Waals surface area contributed by atoms with Gasteiger partial charge in [-0.05, 0) is 41.5 Å². The molecular weight excluding hydrogens is 228 g/mol. The Bertz CT molecular complexity index is 219. The van der Waals surface area contributed by atoms with Crippen molar-refractivity contribution in [3.05, 3.63) is 0 Å².